The van der Waals surface area contributed by atoms with E-state index in [1.54, 1.807) is 11.9 Å². The Kier molecular flexibility index (Phi) is 9.60. The van der Waals surface area contributed by atoms with Crippen molar-refractivity contribution in [2.45, 2.75) is 26.8 Å². The van der Waals surface area contributed by atoms with Crippen LogP contribution in [0.3, 0.4) is 0 Å². The molecule has 4 amide bonds. The number of carbonyl (C=O) groups excluding carboxylic acids is 3. The van der Waals surface area contributed by atoms with Crippen molar-refractivity contribution in [3.05, 3.63) is 35.9 Å². The lowest BCUT2D eigenvalue weighted by Crippen LogP contribution is -2.52. The lowest BCUT2D eigenvalue weighted by Gasteiger charge is -2.35. The number of amides is 4. The summed E-state index contributed by atoms with van der Waals surface area (Å²) < 4.78 is 0. The van der Waals surface area contributed by atoms with Crippen LogP contribution in [0.5, 0.6) is 0 Å². The minimum atomic E-state index is -0.189. The third-order valence-corrected chi connectivity index (χ3v) is 5.42. The Hall–Kier alpha value is -2.61. The van der Waals surface area contributed by atoms with Crippen LogP contribution in [0.4, 0.5) is 4.79 Å². The van der Waals surface area contributed by atoms with Crippen molar-refractivity contribution >= 4 is 17.8 Å². The van der Waals surface area contributed by atoms with E-state index in [1.807, 2.05) is 54.0 Å². The van der Waals surface area contributed by atoms with Gasteiger partial charge >= 0.3 is 6.03 Å². The molecular weight excluding hydrogens is 382 g/mol. The topological polar surface area (TPSA) is 76.2 Å². The number of piperazine rings is 1. The quantitative estimate of drug-likeness (QED) is 0.656. The van der Waals surface area contributed by atoms with E-state index in [-0.39, 0.29) is 24.3 Å². The molecule has 0 aromatic heterocycles. The molecule has 1 aromatic carbocycles. The number of hydrogen-bond acceptors (Lipinski definition) is 4. The van der Waals surface area contributed by atoms with Gasteiger partial charge in [0.2, 0.25) is 11.8 Å². The van der Waals surface area contributed by atoms with Crippen molar-refractivity contribution in [2.75, 3.05) is 59.4 Å². The molecule has 8 heteroatoms. The Bertz CT molecular complexity index is 685. The Labute approximate surface area is 179 Å². The fraction of sp³-hybridized carbons (Fsp3) is 0.591. The van der Waals surface area contributed by atoms with Crippen molar-refractivity contribution in [1.82, 2.24) is 24.9 Å². The fourth-order valence-electron chi connectivity index (χ4n) is 3.52. The second-order valence-corrected chi connectivity index (χ2v) is 7.55. The molecule has 1 N–H and O–H groups in total. The maximum Gasteiger partial charge on any atom is 0.317 e. The molecule has 1 fully saturated rings. The van der Waals surface area contributed by atoms with E-state index in [9.17, 15) is 14.4 Å². The molecule has 0 atom stereocenters. The summed E-state index contributed by atoms with van der Waals surface area (Å²) in [6.07, 6.45) is 0.281. The standard InChI is InChI=1S/C22H35N5O3/c1-4-26(5-2)21(29)18-25-13-15-27(16-14-25)20(28)11-12-23-22(30)24(3)17-19-9-7-6-8-10-19/h6-10H,4-5,11-18H2,1-3H3,(H,23,30). The molecule has 8 nitrogen and oxygen atoms in total. The highest BCUT2D eigenvalue weighted by atomic mass is 16.2. The predicted molar refractivity (Wildman–Crippen MR) is 117 cm³/mol. The molecule has 0 aliphatic carbocycles. The average molecular weight is 418 g/mol. The third-order valence-electron chi connectivity index (χ3n) is 5.42. The van der Waals surface area contributed by atoms with Crippen LogP contribution in [-0.2, 0) is 16.1 Å². The second kappa shape index (κ2) is 12.2. The lowest BCUT2D eigenvalue weighted by molar-refractivity contribution is -0.134. The molecule has 0 unspecified atom stereocenters. The Morgan fingerprint density at radius 2 is 1.63 bits per heavy atom. The van der Waals surface area contributed by atoms with Gasteiger partial charge in [0.25, 0.3) is 0 Å². The van der Waals surface area contributed by atoms with Crippen LogP contribution in [0.2, 0.25) is 0 Å². The van der Waals surface area contributed by atoms with Crippen LogP contribution in [-0.4, -0.2) is 96.9 Å². The molecule has 1 heterocycles. The van der Waals surface area contributed by atoms with Crippen LogP contribution in [0, 0.1) is 0 Å². The maximum absolute atomic E-state index is 12.4. The molecule has 1 aromatic rings. The number of carbonyl (C=O) groups is 3. The Morgan fingerprint density at radius 3 is 2.23 bits per heavy atom. The number of likely N-dealkylation sites (N-methyl/N-ethyl adjacent to an activating group) is 1. The summed E-state index contributed by atoms with van der Waals surface area (Å²) in [6.45, 7) is 9.29. The number of benzene rings is 1. The average Bonchev–Trinajstić information content (AvgIpc) is 2.75. The van der Waals surface area contributed by atoms with Gasteiger partial charge in [-0.05, 0) is 19.4 Å². The van der Waals surface area contributed by atoms with E-state index in [1.165, 1.54) is 0 Å². The molecule has 1 aliphatic rings. The van der Waals surface area contributed by atoms with Gasteiger partial charge in [0.1, 0.15) is 0 Å². The van der Waals surface area contributed by atoms with Gasteiger partial charge in [0.05, 0.1) is 6.54 Å². The van der Waals surface area contributed by atoms with Crippen LogP contribution < -0.4 is 5.32 Å². The maximum atomic E-state index is 12.4. The zero-order valence-electron chi connectivity index (χ0n) is 18.5. The second-order valence-electron chi connectivity index (χ2n) is 7.55. The minimum absolute atomic E-state index is 0.0377. The molecule has 0 radical (unpaired) electrons. The molecule has 1 aliphatic heterocycles. The summed E-state index contributed by atoms with van der Waals surface area (Å²) in [5.41, 5.74) is 1.06. The summed E-state index contributed by atoms with van der Waals surface area (Å²) in [4.78, 5) is 44.2. The largest absolute Gasteiger partial charge is 0.342 e. The first-order chi connectivity index (χ1) is 14.4. The summed E-state index contributed by atoms with van der Waals surface area (Å²) in [5.74, 6) is 0.179. The molecule has 0 bridgehead atoms. The number of nitrogens with one attached hydrogen (secondary N) is 1. The van der Waals surface area contributed by atoms with E-state index in [4.69, 9.17) is 0 Å². The van der Waals surface area contributed by atoms with Gasteiger partial charge in [-0.1, -0.05) is 30.3 Å². The van der Waals surface area contributed by atoms with Crippen molar-refractivity contribution < 1.29 is 14.4 Å². The van der Waals surface area contributed by atoms with Gasteiger partial charge in [0.15, 0.2) is 0 Å². The van der Waals surface area contributed by atoms with Crippen molar-refractivity contribution in [1.29, 1.82) is 0 Å². The zero-order valence-corrected chi connectivity index (χ0v) is 18.5. The molecule has 0 saturated carbocycles. The van der Waals surface area contributed by atoms with Gasteiger partial charge in [-0.15, -0.1) is 0 Å². The van der Waals surface area contributed by atoms with Gasteiger partial charge in [-0.25, -0.2) is 4.79 Å². The first-order valence-electron chi connectivity index (χ1n) is 10.7. The van der Waals surface area contributed by atoms with E-state index < -0.39 is 0 Å². The molecule has 2 rings (SSSR count). The number of hydrogen-bond donors (Lipinski definition) is 1. The smallest absolute Gasteiger partial charge is 0.317 e. The summed E-state index contributed by atoms with van der Waals surface area (Å²) in [5, 5.41) is 2.81. The number of rotatable bonds is 9. The molecule has 30 heavy (non-hydrogen) atoms. The highest BCUT2D eigenvalue weighted by molar-refractivity contribution is 5.79. The summed E-state index contributed by atoms with van der Waals surface area (Å²) in [6, 6.07) is 9.59. The normalized spacial score (nSPS) is 14.3. The van der Waals surface area contributed by atoms with Crippen molar-refractivity contribution in [3.63, 3.8) is 0 Å². The highest BCUT2D eigenvalue weighted by Crippen LogP contribution is 2.05. The third kappa shape index (κ3) is 7.33. The fourth-order valence-corrected chi connectivity index (χ4v) is 3.52. The SMILES string of the molecule is CCN(CC)C(=O)CN1CCN(C(=O)CCNC(=O)N(C)Cc2ccccc2)CC1. The van der Waals surface area contributed by atoms with E-state index in [0.29, 0.717) is 45.8 Å². The summed E-state index contributed by atoms with van der Waals surface area (Å²) >= 11 is 0. The molecule has 166 valence electrons. The Balaban J connectivity index is 1.65. The van der Waals surface area contributed by atoms with Gasteiger partial charge in [-0.2, -0.15) is 0 Å². The van der Waals surface area contributed by atoms with Gasteiger partial charge < -0.3 is 20.0 Å². The molecule has 1 saturated heterocycles. The van der Waals surface area contributed by atoms with Crippen molar-refractivity contribution in [2.24, 2.45) is 0 Å². The van der Waals surface area contributed by atoms with Gasteiger partial charge in [-0.3, -0.25) is 14.5 Å². The van der Waals surface area contributed by atoms with Crippen LogP contribution in [0.15, 0.2) is 30.3 Å². The first kappa shape index (κ1) is 23.7. The first-order valence-corrected chi connectivity index (χ1v) is 10.7. The predicted octanol–water partition coefficient (Wildman–Crippen LogP) is 1.23. The monoisotopic (exact) mass is 417 g/mol. The highest BCUT2D eigenvalue weighted by Gasteiger charge is 2.23. The number of urea groups is 1. The van der Waals surface area contributed by atoms with Crippen molar-refractivity contribution in [3.8, 4) is 0 Å². The van der Waals surface area contributed by atoms with Crippen LogP contribution >= 0.6 is 0 Å². The number of nitrogens with zero attached hydrogens (tertiary/aromatic N) is 4. The van der Waals surface area contributed by atoms with Crippen LogP contribution in [0.1, 0.15) is 25.8 Å². The molecular formula is C22H35N5O3. The summed E-state index contributed by atoms with van der Waals surface area (Å²) in [7, 11) is 1.74. The lowest BCUT2D eigenvalue weighted by atomic mass is 10.2. The Morgan fingerprint density at radius 1 is 1.00 bits per heavy atom. The van der Waals surface area contributed by atoms with Gasteiger partial charge in [0, 0.05) is 65.8 Å². The van der Waals surface area contributed by atoms with E-state index in [0.717, 1.165) is 18.7 Å². The molecule has 0 spiro atoms. The zero-order chi connectivity index (χ0) is 21.9. The minimum Gasteiger partial charge on any atom is -0.342 e. The van der Waals surface area contributed by atoms with E-state index in [2.05, 4.69) is 10.2 Å². The van der Waals surface area contributed by atoms with Crippen LogP contribution in [0.25, 0.3) is 0 Å². The van der Waals surface area contributed by atoms with E-state index >= 15 is 0 Å².